The average molecular weight is 308 g/mol. The van der Waals surface area contributed by atoms with Crippen LogP contribution in [0.15, 0.2) is 18.2 Å². The van der Waals surface area contributed by atoms with Gasteiger partial charge in [0, 0.05) is 12.1 Å². The molecule has 2 saturated heterocycles. The highest BCUT2D eigenvalue weighted by Gasteiger charge is 2.52. The minimum Gasteiger partial charge on any atom is -0.399 e. The van der Waals surface area contributed by atoms with Crippen LogP contribution in [0.2, 0.25) is 0 Å². The second-order valence-electron chi connectivity index (χ2n) is 7.33. The maximum atomic E-state index is 6.15. The second-order valence-corrected chi connectivity index (χ2v) is 7.33. The smallest absolute Gasteiger partial charge is 0.399 e. The normalized spacial score (nSPS) is 31.1. The molecule has 2 fully saturated rings. The van der Waals surface area contributed by atoms with Crippen molar-refractivity contribution in [2.24, 2.45) is 0 Å². The fourth-order valence-corrected chi connectivity index (χ4v) is 3.57. The summed E-state index contributed by atoms with van der Waals surface area (Å²) in [5.74, 6) is 0. The molecule has 1 N–H and O–H groups in total. The van der Waals surface area contributed by atoms with Crippen molar-refractivity contribution in [3.63, 3.8) is 0 Å². The molecule has 3 nitrogen and oxygen atoms in total. The Kier molecular flexibility index (Phi) is 3.45. The van der Waals surface area contributed by atoms with E-state index in [4.69, 9.17) is 9.31 Å². The number of hydrogen-bond acceptors (Lipinski definition) is 3. The van der Waals surface area contributed by atoms with E-state index in [1.165, 1.54) is 24.0 Å². The second kappa shape index (κ2) is 4.72. The van der Waals surface area contributed by atoms with Gasteiger partial charge in [-0.1, -0.05) is 18.2 Å². The molecule has 0 aliphatic carbocycles. The SMILES string of the molecule is CC1(C)OB(c2ccc3c(c2)C2CCC3N2)OC1(C)C.Cl. The molecule has 0 saturated carbocycles. The van der Waals surface area contributed by atoms with Crippen LogP contribution < -0.4 is 10.8 Å². The van der Waals surface area contributed by atoms with Crippen LogP contribution in [-0.4, -0.2) is 18.3 Å². The Balaban J connectivity index is 0.00000132. The molecule has 5 heteroatoms. The van der Waals surface area contributed by atoms with Crippen LogP contribution in [0.3, 0.4) is 0 Å². The molecular formula is C16H23BClNO2. The molecule has 114 valence electrons. The van der Waals surface area contributed by atoms with Crippen LogP contribution in [0.4, 0.5) is 0 Å². The monoisotopic (exact) mass is 307 g/mol. The Labute approximate surface area is 133 Å². The van der Waals surface area contributed by atoms with Crippen LogP contribution in [-0.2, 0) is 9.31 Å². The number of rotatable bonds is 1. The van der Waals surface area contributed by atoms with Crippen molar-refractivity contribution in [3.8, 4) is 0 Å². The Morgan fingerprint density at radius 1 is 1.00 bits per heavy atom. The Morgan fingerprint density at radius 2 is 1.57 bits per heavy atom. The molecule has 3 aliphatic rings. The van der Waals surface area contributed by atoms with Gasteiger partial charge in [0.15, 0.2) is 0 Å². The summed E-state index contributed by atoms with van der Waals surface area (Å²) in [4.78, 5) is 0. The molecule has 1 aromatic carbocycles. The molecule has 3 aliphatic heterocycles. The first-order valence-corrected chi connectivity index (χ1v) is 7.63. The molecule has 0 radical (unpaired) electrons. The van der Waals surface area contributed by atoms with E-state index >= 15 is 0 Å². The van der Waals surface area contributed by atoms with E-state index in [-0.39, 0.29) is 30.7 Å². The summed E-state index contributed by atoms with van der Waals surface area (Å²) in [5, 5.41) is 3.66. The zero-order chi connectivity index (χ0) is 14.1. The van der Waals surface area contributed by atoms with Crippen molar-refractivity contribution in [2.45, 2.75) is 63.8 Å². The molecule has 2 unspecified atom stereocenters. The van der Waals surface area contributed by atoms with Crippen molar-refractivity contribution >= 4 is 25.0 Å². The van der Waals surface area contributed by atoms with Crippen LogP contribution >= 0.6 is 12.4 Å². The zero-order valence-electron chi connectivity index (χ0n) is 13.1. The fraction of sp³-hybridized carbons (Fsp3) is 0.625. The van der Waals surface area contributed by atoms with Gasteiger partial charge in [0.05, 0.1) is 11.2 Å². The van der Waals surface area contributed by atoms with Gasteiger partial charge in [-0.15, -0.1) is 12.4 Å². The van der Waals surface area contributed by atoms with E-state index in [1.54, 1.807) is 0 Å². The van der Waals surface area contributed by atoms with Crippen molar-refractivity contribution < 1.29 is 9.31 Å². The lowest BCUT2D eigenvalue weighted by molar-refractivity contribution is 0.00578. The summed E-state index contributed by atoms with van der Waals surface area (Å²) in [6.45, 7) is 8.40. The third kappa shape index (κ3) is 2.15. The van der Waals surface area contributed by atoms with Crippen molar-refractivity contribution in [2.75, 3.05) is 0 Å². The summed E-state index contributed by atoms with van der Waals surface area (Å²) in [5.41, 5.74) is 3.54. The highest BCUT2D eigenvalue weighted by atomic mass is 35.5. The number of fused-ring (bicyclic) bond motifs is 5. The summed E-state index contributed by atoms with van der Waals surface area (Å²) in [6.07, 6.45) is 2.53. The molecule has 21 heavy (non-hydrogen) atoms. The maximum absolute atomic E-state index is 6.15. The van der Waals surface area contributed by atoms with Gasteiger partial charge in [0.1, 0.15) is 0 Å². The maximum Gasteiger partial charge on any atom is 0.494 e. The standard InChI is InChI=1S/C16H22BNO2.ClH/c1-15(2)16(3,4)20-17(19-15)10-5-6-11-12(9-10)14-8-7-13(11)18-14;/h5-6,9,13-14,18H,7-8H2,1-4H3;1H. The first kappa shape index (κ1) is 15.4. The van der Waals surface area contributed by atoms with E-state index in [0.29, 0.717) is 12.1 Å². The fourth-order valence-electron chi connectivity index (χ4n) is 3.57. The molecular weight excluding hydrogens is 284 g/mol. The molecule has 1 aromatic rings. The van der Waals surface area contributed by atoms with E-state index in [2.05, 4.69) is 51.2 Å². The van der Waals surface area contributed by atoms with E-state index in [1.807, 2.05) is 0 Å². The first-order valence-electron chi connectivity index (χ1n) is 7.63. The minimum atomic E-state index is -0.270. The molecule has 2 bridgehead atoms. The summed E-state index contributed by atoms with van der Waals surface area (Å²) < 4.78 is 12.3. The average Bonchev–Trinajstić information content (AvgIpc) is 3.02. The lowest BCUT2D eigenvalue weighted by atomic mass is 9.76. The zero-order valence-corrected chi connectivity index (χ0v) is 13.9. The van der Waals surface area contributed by atoms with E-state index < -0.39 is 0 Å². The van der Waals surface area contributed by atoms with Gasteiger partial charge in [-0.2, -0.15) is 0 Å². The number of benzene rings is 1. The molecule has 4 rings (SSSR count). The molecule has 0 spiro atoms. The molecule has 3 heterocycles. The molecule has 2 atom stereocenters. The van der Waals surface area contributed by atoms with Crippen LogP contribution in [0, 0.1) is 0 Å². The van der Waals surface area contributed by atoms with E-state index in [9.17, 15) is 0 Å². The van der Waals surface area contributed by atoms with Crippen molar-refractivity contribution in [1.29, 1.82) is 0 Å². The highest BCUT2D eigenvalue weighted by molar-refractivity contribution is 6.62. The van der Waals surface area contributed by atoms with Crippen LogP contribution in [0.5, 0.6) is 0 Å². The topological polar surface area (TPSA) is 30.5 Å². The summed E-state index contributed by atoms with van der Waals surface area (Å²) in [7, 11) is -0.246. The largest absolute Gasteiger partial charge is 0.494 e. The van der Waals surface area contributed by atoms with Gasteiger partial charge in [0.2, 0.25) is 0 Å². The summed E-state index contributed by atoms with van der Waals surface area (Å²) >= 11 is 0. The van der Waals surface area contributed by atoms with Gasteiger partial charge in [-0.3, -0.25) is 0 Å². The number of hydrogen-bond donors (Lipinski definition) is 1. The first-order chi connectivity index (χ1) is 9.37. The van der Waals surface area contributed by atoms with Crippen LogP contribution in [0.25, 0.3) is 0 Å². The molecule has 0 aromatic heterocycles. The van der Waals surface area contributed by atoms with E-state index in [0.717, 1.165) is 5.46 Å². The summed E-state index contributed by atoms with van der Waals surface area (Å²) in [6, 6.07) is 7.82. The van der Waals surface area contributed by atoms with Gasteiger partial charge in [-0.05, 0) is 57.1 Å². The number of halogens is 1. The van der Waals surface area contributed by atoms with Crippen LogP contribution in [0.1, 0.15) is 63.7 Å². The number of nitrogens with one attached hydrogen (secondary N) is 1. The Morgan fingerprint density at radius 3 is 2.19 bits per heavy atom. The Bertz CT molecular complexity index is 559. The van der Waals surface area contributed by atoms with Gasteiger partial charge >= 0.3 is 7.12 Å². The lowest BCUT2D eigenvalue weighted by Crippen LogP contribution is -2.41. The predicted molar refractivity (Wildman–Crippen MR) is 87.3 cm³/mol. The Hall–Kier alpha value is -0.545. The lowest BCUT2D eigenvalue weighted by Gasteiger charge is -2.32. The minimum absolute atomic E-state index is 0. The third-order valence-electron chi connectivity index (χ3n) is 5.53. The third-order valence-corrected chi connectivity index (χ3v) is 5.53. The van der Waals surface area contributed by atoms with Gasteiger partial charge < -0.3 is 14.6 Å². The van der Waals surface area contributed by atoms with Crippen molar-refractivity contribution in [1.82, 2.24) is 5.32 Å². The van der Waals surface area contributed by atoms with Gasteiger partial charge in [0.25, 0.3) is 0 Å². The molecule has 0 amide bonds. The van der Waals surface area contributed by atoms with Crippen molar-refractivity contribution in [3.05, 3.63) is 29.3 Å². The quantitative estimate of drug-likeness (QED) is 0.809. The predicted octanol–water partition coefficient (Wildman–Crippen LogP) is 2.89. The highest BCUT2D eigenvalue weighted by Crippen LogP contribution is 2.44. The van der Waals surface area contributed by atoms with Gasteiger partial charge in [-0.25, -0.2) is 0 Å².